The molecule has 0 saturated heterocycles. The summed E-state index contributed by atoms with van der Waals surface area (Å²) in [5.41, 5.74) is 0.00224. The molecular formula is C10H17F2N3. The molecule has 15 heavy (non-hydrogen) atoms. The van der Waals surface area contributed by atoms with E-state index in [1.807, 2.05) is 20.8 Å². The number of halogens is 2. The van der Waals surface area contributed by atoms with Crippen LogP contribution >= 0.6 is 0 Å². The van der Waals surface area contributed by atoms with Crippen LogP contribution in [0.5, 0.6) is 0 Å². The van der Waals surface area contributed by atoms with Gasteiger partial charge in [-0.25, -0.2) is 4.98 Å². The van der Waals surface area contributed by atoms with Crippen LogP contribution in [0, 0.1) is 0 Å². The minimum absolute atomic E-state index is 0.00224. The van der Waals surface area contributed by atoms with Gasteiger partial charge in [0, 0.05) is 30.9 Å². The third-order valence-electron chi connectivity index (χ3n) is 1.96. The van der Waals surface area contributed by atoms with E-state index in [0.717, 1.165) is 4.57 Å². The molecule has 0 bridgehead atoms. The summed E-state index contributed by atoms with van der Waals surface area (Å²) in [6.45, 7) is 4.25. The van der Waals surface area contributed by atoms with Gasteiger partial charge in [0.05, 0.1) is 0 Å². The molecule has 1 heterocycles. The first-order valence-electron chi connectivity index (χ1n) is 4.95. The number of nitrogens with one attached hydrogen (secondary N) is 1. The Morgan fingerprint density at radius 2 is 2.13 bits per heavy atom. The maximum absolute atomic E-state index is 12.4. The second-order valence-corrected chi connectivity index (χ2v) is 4.46. The van der Waals surface area contributed by atoms with Crippen molar-refractivity contribution < 1.29 is 8.78 Å². The highest BCUT2D eigenvalue weighted by molar-refractivity contribution is 4.93. The van der Waals surface area contributed by atoms with Crippen LogP contribution in [0.1, 0.15) is 33.1 Å². The van der Waals surface area contributed by atoms with Gasteiger partial charge in [-0.3, -0.25) is 4.57 Å². The van der Waals surface area contributed by atoms with E-state index in [2.05, 4.69) is 10.3 Å². The van der Waals surface area contributed by atoms with Gasteiger partial charge in [0.15, 0.2) is 0 Å². The predicted octanol–water partition coefficient (Wildman–Crippen LogP) is 2.21. The Morgan fingerprint density at radius 1 is 1.47 bits per heavy atom. The summed E-state index contributed by atoms with van der Waals surface area (Å²) in [6, 6.07) is 0. The molecule has 0 saturated carbocycles. The van der Waals surface area contributed by atoms with E-state index in [4.69, 9.17) is 0 Å². The number of imidazole rings is 1. The van der Waals surface area contributed by atoms with E-state index < -0.39 is 6.55 Å². The average Bonchev–Trinajstić information content (AvgIpc) is 2.49. The van der Waals surface area contributed by atoms with E-state index in [-0.39, 0.29) is 5.54 Å². The van der Waals surface area contributed by atoms with Crippen LogP contribution < -0.4 is 5.32 Å². The highest BCUT2D eigenvalue weighted by Crippen LogP contribution is 2.12. The van der Waals surface area contributed by atoms with Crippen LogP contribution in [0.15, 0.2) is 12.4 Å². The van der Waals surface area contributed by atoms with Gasteiger partial charge in [-0.1, -0.05) is 0 Å². The molecule has 1 aromatic rings. The lowest BCUT2D eigenvalue weighted by Crippen LogP contribution is -2.37. The zero-order valence-corrected chi connectivity index (χ0v) is 9.30. The van der Waals surface area contributed by atoms with Gasteiger partial charge in [0.2, 0.25) is 0 Å². The van der Waals surface area contributed by atoms with Crippen molar-refractivity contribution in [1.29, 1.82) is 0 Å². The Kier molecular flexibility index (Phi) is 3.79. The van der Waals surface area contributed by atoms with Crippen molar-refractivity contribution in [2.45, 2.75) is 39.3 Å². The second-order valence-electron chi connectivity index (χ2n) is 4.46. The SMILES string of the molecule is CC(C)(C)NCCc1nccn1C(F)F. The molecule has 86 valence electrons. The summed E-state index contributed by atoms with van der Waals surface area (Å²) >= 11 is 0. The van der Waals surface area contributed by atoms with Crippen molar-refractivity contribution in [1.82, 2.24) is 14.9 Å². The lowest BCUT2D eigenvalue weighted by molar-refractivity contribution is 0.0669. The molecule has 1 rings (SSSR count). The molecule has 0 unspecified atom stereocenters. The summed E-state index contributed by atoms with van der Waals surface area (Å²) in [7, 11) is 0. The molecule has 0 spiro atoms. The fourth-order valence-electron chi connectivity index (χ4n) is 1.26. The lowest BCUT2D eigenvalue weighted by Gasteiger charge is -2.20. The van der Waals surface area contributed by atoms with E-state index >= 15 is 0 Å². The molecule has 5 heteroatoms. The lowest BCUT2D eigenvalue weighted by atomic mass is 10.1. The third-order valence-corrected chi connectivity index (χ3v) is 1.96. The monoisotopic (exact) mass is 217 g/mol. The Hall–Kier alpha value is -0.970. The minimum Gasteiger partial charge on any atom is -0.312 e. The molecule has 0 aromatic carbocycles. The Labute approximate surface area is 88.5 Å². The third kappa shape index (κ3) is 3.95. The van der Waals surface area contributed by atoms with Crippen LogP contribution in [0.2, 0.25) is 0 Å². The number of rotatable bonds is 4. The van der Waals surface area contributed by atoms with Gasteiger partial charge in [-0.2, -0.15) is 8.78 Å². The van der Waals surface area contributed by atoms with Crippen molar-refractivity contribution >= 4 is 0 Å². The fraction of sp³-hybridized carbons (Fsp3) is 0.700. The molecule has 1 aromatic heterocycles. The quantitative estimate of drug-likeness (QED) is 0.838. The molecule has 0 aliphatic heterocycles. The van der Waals surface area contributed by atoms with E-state index in [0.29, 0.717) is 18.8 Å². The molecular weight excluding hydrogens is 200 g/mol. The maximum Gasteiger partial charge on any atom is 0.319 e. The van der Waals surface area contributed by atoms with Gasteiger partial charge in [-0.05, 0) is 20.8 Å². The van der Waals surface area contributed by atoms with Crippen molar-refractivity contribution in [3.8, 4) is 0 Å². The first-order chi connectivity index (χ1) is 6.90. The van der Waals surface area contributed by atoms with Crippen LogP contribution in [-0.2, 0) is 6.42 Å². The summed E-state index contributed by atoms with van der Waals surface area (Å²) in [5, 5.41) is 3.23. The number of hydrogen-bond donors (Lipinski definition) is 1. The molecule has 1 N–H and O–H groups in total. The Morgan fingerprint density at radius 3 is 2.67 bits per heavy atom. The van der Waals surface area contributed by atoms with Crippen molar-refractivity contribution in [3.63, 3.8) is 0 Å². The first-order valence-corrected chi connectivity index (χ1v) is 4.95. The van der Waals surface area contributed by atoms with Crippen LogP contribution in [0.4, 0.5) is 8.78 Å². The van der Waals surface area contributed by atoms with Gasteiger partial charge in [0.1, 0.15) is 5.82 Å². The molecule has 0 amide bonds. The number of aromatic nitrogens is 2. The molecule has 3 nitrogen and oxygen atoms in total. The number of alkyl halides is 2. The zero-order valence-electron chi connectivity index (χ0n) is 9.30. The average molecular weight is 217 g/mol. The smallest absolute Gasteiger partial charge is 0.312 e. The Balaban J connectivity index is 2.47. The van der Waals surface area contributed by atoms with Gasteiger partial charge in [-0.15, -0.1) is 0 Å². The molecule has 0 radical (unpaired) electrons. The first kappa shape index (κ1) is 12.1. The van der Waals surface area contributed by atoms with Gasteiger partial charge < -0.3 is 5.32 Å². The standard InChI is InChI=1S/C10H17F2N3/c1-10(2,3)14-5-4-8-13-6-7-15(8)9(11)12/h6-7,9,14H,4-5H2,1-3H3. The molecule has 0 atom stereocenters. The largest absolute Gasteiger partial charge is 0.319 e. The van der Waals surface area contributed by atoms with Gasteiger partial charge in [0.25, 0.3) is 0 Å². The van der Waals surface area contributed by atoms with Crippen LogP contribution in [0.25, 0.3) is 0 Å². The highest BCUT2D eigenvalue weighted by atomic mass is 19.3. The maximum atomic E-state index is 12.4. The van der Waals surface area contributed by atoms with Crippen molar-refractivity contribution in [3.05, 3.63) is 18.2 Å². The molecule has 0 aliphatic carbocycles. The minimum atomic E-state index is -2.50. The zero-order chi connectivity index (χ0) is 11.5. The summed E-state index contributed by atoms with van der Waals surface area (Å²) in [4.78, 5) is 3.90. The molecule has 0 aliphatic rings. The second kappa shape index (κ2) is 4.70. The van der Waals surface area contributed by atoms with E-state index in [1.54, 1.807) is 0 Å². The van der Waals surface area contributed by atoms with Gasteiger partial charge >= 0.3 is 6.55 Å². The molecule has 0 fully saturated rings. The van der Waals surface area contributed by atoms with Crippen molar-refractivity contribution in [2.24, 2.45) is 0 Å². The van der Waals surface area contributed by atoms with E-state index in [9.17, 15) is 8.78 Å². The number of hydrogen-bond acceptors (Lipinski definition) is 2. The fourth-order valence-corrected chi connectivity index (χ4v) is 1.26. The normalized spacial score (nSPS) is 12.4. The van der Waals surface area contributed by atoms with Crippen molar-refractivity contribution in [2.75, 3.05) is 6.54 Å². The van der Waals surface area contributed by atoms with Crippen LogP contribution in [-0.4, -0.2) is 21.6 Å². The summed E-state index contributed by atoms with van der Waals surface area (Å²) in [6.07, 6.45) is 3.21. The predicted molar refractivity (Wildman–Crippen MR) is 54.9 cm³/mol. The summed E-state index contributed by atoms with van der Waals surface area (Å²) < 4.78 is 25.7. The van der Waals surface area contributed by atoms with E-state index in [1.165, 1.54) is 12.4 Å². The topological polar surface area (TPSA) is 29.9 Å². The summed E-state index contributed by atoms with van der Waals surface area (Å²) in [5.74, 6) is 0.418. The number of nitrogens with zero attached hydrogens (tertiary/aromatic N) is 2. The highest BCUT2D eigenvalue weighted by Gasteiger charge is 2.12. The van der Waals surface area contributed by atoms with Crippen LogP contribution in [0.3, 0.4) is 0 Å². The Bertz CT molecular complexity index is 302.